The highest BCUT2D eigenvalue weighted by Crippen LogP contribution is 2.28. The molecule has 0 atom stereocenters. The summed E-state index contributed by atoms with van der Waals surface area (Å²) in [4.78, 5) is 13.9. The molecule has 1 heterocycles. The number of aryl methyl sites for hydroxylation is 2. The van der Waals surface area contributed by atoms with Crippen molar-refractivity contribution in [3.05, 3.63) is 47.3 Å². The summed E-state index contributed by atoms with van der Waals surface area (Å²) in [5, 5.41) is 4.16. The maximum absolute atomic E-state index is 12.2. The van der Waals surface area contributed by atoms with Crippen molar-refractivity contribution in [1.82, 2.24) is 9.78 Å². The first kappa shape index (κ1) is 14.6. The Morgan fingerprint density at radius 2 is 2.00 bits per heavy atom. The zero-order valence-corrected chi connectivity index (χ0v) is 12.7. The number of hydrogen-bond donors (Lipinski definition) is 0. The van der Waals surface area contributed by atoms with Crippen LogP contribution in [0.4, 0.5) is 5.69 Å². The predicted molar refractivity (Wildman–Crippen MR) is 81.1 cm³/mol. The Bertz CT molecular complexity index is 608. The minimum atomic E-state index is -0.126. The van der Waals surface area contributed by atoms with E-state index in [2.05, 4.69) is 11.2 Å². The molecule has 20 heavy (non-hydrogen) atoms. The van der Waals surface area contributed by atoms with Crippen LogP contribution < -0.4 is 4.90 Å². The van der Waals surface area contributed by atoms with Crippen LogP contribution in [0.5, 0.6) is 0 Å². The molecule has 5 heteroatoms. The summed E-state index contributed by atoms with van der Waals surface area (Å²) in [5.74, 6) is -0.173. The lowest BCUT2D eigenvalue weighted by Crippen LogP contribution is -2.35. The molecule has 0 aliphatic carbocycles. The number of benzene rings is 1. The number of alkyl halides is 1. The van der Waals surface area contributed by atoms with Gasteiger partial charge >= 0.3 is 0 Å². The molecule has 4 nitrogen and oxygen atoms in total. The van der Waals surface area contributed by atoms with E-state index in [4.69, 9.17) is 11.6 Å². The van der Waals surface area contributed by atoms with Gasteiger partial charge in [-0.2, -0.15) is 5.10 Å². The lowest BCUT2D eigenvalue weighted by Gasteiger charge is -2.26. The van der Waals surface area contributed by atoms with E-state index in [1.807, 2.05) is 39.1 Å². The Hall–Kier alpha value is -1.81. The molecule has 0 fully saturated rings. The quantitative estimate of drug-likeness (QED) is 0.812. The first-order chi connectivity index (χ1) is 9.54. The molecule has 1 aromatic heterocycles. The van der Waals surface area contributed by atoms with Crippen LogP contribution in [0.2, 0.25) is 0 Å². The van der Waals surface area contributed by atoms with Gasteiger partial charge in [0.2, 0.25) is 5.91 Å². The van der Waals surface area contributed by atoms with Gasteiger partial charge in [0.1, 0.15) is 12.5 Å². The third-order valence-electron chi connectivity index (χ3n) is 3.43. The van der Waals surface area contributed by atoms with E-state index in [0.29, 0.717) is 6.67 Å². The summed E-state index contributed by atoms with van der Waals surface area (Å²) in [5.41, 5.74) is 4.22. The number of rotatable bonds is 4. The Labute approximate surface area is 124 Å². The van der Waals surface area contributed by atoms with Crippen LogP contribution in [0.1, 0.15) is 16.7 Å². The Morgan fingerprint density at radius 3 is 2.60 bits per heavy atom. The standard InChI is InChI=1S/C15H18ClN3O/c1-11-5-6-12(2)15(13(11)3)19(14(20)9-16)10-18-8-4-7-17-18/h4-8H,9-10H2,1-3H3. The van der Waals surface area contributed by atoms with Gasteiger partial charge in [0.15, 0.2) is 0 Å². The first-order valence-corrected chi connectivity index (χ1v) is 6.98. The van der Waals surface area contributed by atoms with Crippen LogP contribution in [0.25, 0.3) is 0 Å². The van der Waals surface area contributed by atoms with E-state index in [1.165, 1.54) is 0 Å². The third kappa shape index (κ3) is 2.85. The molecule has 0 saturated heterocycles. The Kier molecular flexibility index (Phi) is 4.45. The zero-order valence-electron chi connectivity index (χ0n) is 11.9. The van der Waals surface area contributed by atoms with Gasteiger partial charge in [-0.15, -0.1) is 11.6 Å². The van der Waals surface area contributed by atoms with Crippen LogP contribution in [0.15, 0.2) is 30.6 Å². The third-order valence-corrected chi connectivity index (χ3v) is 3.66. The lowest BCUT2D eigenvalue weighted by atomic mass is 10.0. The molecule has 0 N–H and O–H groups in total. The molecule has 2 rings (SSSR count). The zero-order chi connectivity index (χ0) is 14.7. The van der Waals surface area contributed by atoms with Crippen molar-refractivity contribution in [3.8, 4) is 0 Å². The topological polar surface area (TPSA) is 38.1 Å². The van der Waals surface area contributed by atoms with E-state index in [9.17, 15) is 4.79 Å². The van der Waals surface area contributed by atoms with Gasteiger partial charge in [0.05, 0.1) is 5.69 Å². The summed E-state index contributed by atoms with van der Waals surface area (Å²) < 4.78 is 1.71. The molecule has 0 bridgehead atoms. The second-order valence-electron chi connectivity index (χ2n) is 4.82. The molecule has 0 spiro atoms. The van der Waals surface area contributed by atoms with E-state index in [0.717, 1.165) is 22.4 Å². The summed E-state index contributed by atoms with van der Waals surface area (Å²) in [6.45, 7) is 6.42. The normalized spacial score (nSPS) is 10.6. The predicted octanol–water partition coefficient (Wildman–Crippen LogP) is 3.04. The van der Waals surface area contributed by atoms with Gasteiger partial charge in [-0.05, 0) is 43.5 Å². The van der Waals surface area contributed by atoms with E-state index < -0.39 is 0 Å². The molecule has 0 aliphatic heterocycles. The van der Waals surface area contributed by atoms with E-state index >= 15 is 0 Å². The monoisotopic (exact) mass is 291 g/mol. The largest absolute Gasteiger partial charge is 0.291 e. The number of amides is 1. The minimum Gasteiger partial charge on any atom is -0.291 e. The van der Waals surface area contributed by atoms with Gasteiger partial charge in [0, 0.05) is 12.4 Å². The SMILES string of the molecule is Cc1ccc(C)c(N(Cn2cccn2)C(=O)CCl)c1C. The average molecular weight is 292 g/mol. The highest BCUT2D eigenvalue weighted by atomic mass is 35.5. The Morgan fingerprint density at radius 1 is 1.30 bits per heavy atom. The molecular weight excluding hydrogens is 274 g/mol. The fourth-order valence-electron chi connectivity index (χ4n) is 2.23. The van der Waals surface area contributed by atoms with Crippen molar-refractivity contribution in [1.29, 1.82) is 0 Å². The first-order valence-electron chi connectivity index (χ1n) is 6.45. The number of carbonyl (C=O) groups excluding carboxylic acids is 1. The maximum Gasteiger partial charge on any atom is 0.243 e. The molecule has 2 aromatic rings. The van der Waals surface area contributed by atoms with Gasteiger partial charge in [0.25, 0.3) is 0 Å². The molecular formula is C15H18ClN3O. The van der Waals surface area contributed by atoms with Crippen LogP contribution in [0.3, 0.4) is 0 Å². The number of hydrogen-bond acceptors (Lipinski definition) is 2. The molecule has 1 aromatic carbocycles. The number of anilines is 1. The van der Waals surface area contributed by atoms with Crippen LogP contribution in [-0.2, 0) is 11.5 Å². The highest BCUT2D eigenvalue weighted by molar-refractivity contribution is 6.29. The Balaban J connectivity index is 2.46. The summed E-state index contributed by atoms with van der Waals surface area (Å²) in [7, 11) is 0. The van der Waals surface area contributed by atoms with E-state index in [1.54, 1.807) is 15.8 Å². The van der Waals surface area contributed by atoms with Gasteiger partial charge in [-0.3, -0.25) is 14.4 Å². The van der Waals surface area contributed by atoms with E-state index in [-0.39, 0.29) is 11.8 Å². The number of nitrogens with zero attached hydrogens (tertiary/aromatic N) is 3. The molecule has 0 unspecified atom stereocenters. The lowest BCUT2D eigenvalue weighted by molar-refractivity contribution is -0.116. The van der Waals surface area contributed by atoms with Crippen LogP contribution in [0, 0.1) is 20.8 Å². The maximum atomic E-state index is 12.2. The second-order valence-corrected chi connectivity index (χ2v) is 5.08. The van der Waals surface area contributed by atoms with Crippen molar-refractivity contribution in [2.24, 2.45) is 0 Å². The van der Waals surface area contributed by atoms with Crippen molar-refractivity contribution in [2.75, 3.05) is 10.8 Å². The van der Waals surface area contributed by atoms with Crippen LogP contribution >= 0.6 is 11.6 Å². The average Bonchev–Trinajstić information content (AvgIpc) is 2.94. The van der Waals surface area contributed by atoms with Crippen molar-refractivity contribution < 1.29 is 4.79 Å². The summed E-state index contributed by atoms with van der Waals surface area (Å²) >= 11 is 5.76. The van der Waals surface area contributed by atoms with Crippen molar-refractivity contribution >= 4 is 23.2 Å². The summed E-state index contributed by atoms with van der Waals surface area (Å²) in [6, 6.07) is 5.92. The fourth-order valence-corrected chi connectivity index (χ4v) is 2.37. The molecule has 0 saturated carbocycles. The van der Waals surface area contributed by atoms with Gasteiger partial charge < -0.3 is 0 Å². The minimum absolute atomic E-state index is 0.0475. The highest BCUT2D eigenvalue weighted by Gasteiger charge is 2.20. The number of carbonyl (C=O) groups is 1. The number of aromatic nitrogens is 2. The van der Waals surface area contributed by atoms with Gasteiger partial charge in [-0.25, -0.2) is 0 Å². The van der Waals surface area contributed by atoms with Crippen LogP contribution in [-0.4, -0.2) is 21.6 Å². The molecule has 0 radical (unpaired) electrons. The molecule has 1 amide bonds. The molecule has 0 aliphatic rings. The van der Waals surface area contributed by atoms with Gasteiger partial charge in [-0.1, -0.05) is 12.1 Å². The second kappa shape index (κ2) is 6.09. The van der Waals surface area contributed by atoms with Crippen molar-refractivity contribution in [3.63, 3.8) is 0 Å². The fraction of sp³-hybridized carbons (Fsp3) is 0.333. The molecule has 106 valence electrons. The summed E-state index contributed by atoms with van der Waals surface area (Å²) in [6.07, 6.45) is 3.52. The van der Waals surface area contributed by atoms with Crippen molar-refractivity contribution in [2.45, 2.75) is 27.4 Å². The smallest absolute Gasteiger partial charge is 0.243 e. The number of halogens is 1.